The summed E-state index contributed by atoms with van der Waals surface area (Å²) in [6.45, 7) is 5.42. The van der Waals surface area contributed by atoms with Crippen LogP contribution in [0.2, 0.25) is 0 Å². The lowest BCUT2D eigenvalue weighted by Gasteiger charge is -2.28. The first kappa shape index (κ1) is 18.3. The Labute approximate surface area is 133 Å². The summed E-state index contributed by atoms with van der Waals surface area (Å²) in [4.78, 5) is 1.20. The largest absolute Gasteiger partial charge is 0.496 e. The molecule has 0 bridgehead atoms. The predicted molar refractivity (Wildman–Crippen MR) is 91.4 cm³/mol. The van der Waals surface area contributed by atoms with E-state index in [1.807, 2.05) is 30.0 Å². The number of methoxy groups -OCH3 is 1. The summed E-state index contributed by atoms with van der Waals surface area (Å²) in [6, 6.07) is 8.14. The van der Waals surface area contributed by atoms with Gasteiger partial charge in [0.2, 0.25) is 0 Å². The number of thioether (sulfide) groups is 1. The molecule has 0 heterocycles. The zero-order chi connectivity index (χ0) is 15.6. The lowest BCUT2D eigenvalue weighted by atomic mass is 9.96. The molecule has 1 unspecified atom stereocenters. The molecular formula is C17H29NO2S. The van der Waals surface area contributed by atoms with Gasteiger partial charge in [0.25, 0.3) is 0 Å². The van der Waals surface area contributed by atoms with E-state index in [4.69, 9.17) is 4.74 Å². The lowest BCUT2D eigenvalue weighted by Crippen LogP contribution is -2.46. The first-order valence-corrected chi connectivity index (χ1v) is 8.75. The average molecular weight is 311 g/mol. The van der Waals surface area contributed by atoms with Crippen molar-refractivity contribution in [3.05, 3.63) is 24.3 Å². The van der Waals surface area contributed by atoms with Gasteiger partial charge in [-0.2, -0.15) is 0 Å². The number of rotatable bonds is 11. The topological polar surface area (TPSA) is 41.5 Å². The maximum atomic E-state index is 9.53. The molecule has 0 aliphatic rings. The van der Waals surface area contributed by atoms with Gasteiger partial charge < -0.3 is 15.2 Å². The Morgan fingerprint density at radius 3 is 2.71 bits per heavy atom. The average Bonchev–Trinajstić information content (AvgIpc) is 2.53. The zero-order valence-corrected chi connectivity index (χ0v) is 14.3. The van der Waals surface area contributed by atoms with Crippen molar-refractivity contribution in [1.82, 2.24) is 5.32 Å². The highest BCUT2D eigenvalue weighted by Crippen LogP contribution is 2.29. The van der Waals surface area contributed by atoms with E-state index < -0.39 is 0 Å². The van der Waals surface area contributed by atoms with Gasteiger partial charge in [0.1, 0.15) is 5.75 Å². The normalized spacial score (nSPS) is 13.9. The van der Waals surface area contributed by atoms with Crippen LogP contribution in [0, 0.1) is 0 Å². The van der Waals surface area contributed by atoms with Crippen LogP contribution in [0.25, 0.3) is 0 Å². The van der Waals surface area contributed by atoms with Crippen molar-refractivity contribution in [3.63, 3.8) is 0 Å². The SMILES string of the molecule is CCCNC(C)(CO)CCCCSc1ccccc1OC. The van der Waals surface area contributed by atoms with Crippen LogP contribution < -0.4 is 10.1 Å². The van der Waals surface area contributed by atoms with Gasteiger partial charge in [-0.1, -0.05) is 25.5 Å². The standard InChI is InChI=1S/C17H29NO2S/c1-4-12-18-17(2,14-19)11-7-8-13-21-16-10-6-5-9-15(16)20-3/h5-6,9-10,18-19H,4,7-8,11-14H2,1-3H3. The number of para-hydroxylation sites is 1. The van der Waals surface area contributed by atoms with Crippen LogP contribution in [0.3, 0.4) is 0 Å². The van der Waals surface area contributed by atoms with Crippen molar-refractivity contribution in [2.24, 2.45) is 0 Å². The van der Waals surface area contributed by atoms with E-state index in [9.17, 15) is 5.11 Å². The molecule has 1 aromatic carbocycles. The predicted octanol–water partition coefficient (Wildman–Crippen LogP) is 3.71. The van der Waals surface area contributed by atoms with Gasteiger partial charge >= 0.3 is 0 Å². The Hall–Kier alpha value is -0.710. The molecule has 1 aromatic rings. The first-order valence-electron chi connectivity index (χ1n) is 7.77. The number of ether oxygens (including phenoxy) is 1. The van der Waals surface area contributed by atoms with Crippen LogP contribution in [-0.2, 0) is 0 Å². The molecule has 0 aromatic heterocycles. The van der Waals surface area contributed by atoms with Crippen LogP contribution >= 0.6 is 11.8 Å². The molecule has 0 fully saturated rings. The highest BCUT2D eigenvalue weighted by Gasteiger charge is 2.21. The molecular weight excluding hydrogens is 282 g/mol. The summed E-state index contributed by atoms with van der Waals surface area (Å²) in [7, 11) is 1.71. The molecule has 0 saturated heterocycles. The molecule has 0 radical (unpaired) electrons. The fraction of sp³-hybridized carbons (Fsp3) is 0.647. The first-order chi connectivity index (χ1) is 10.1. The minimum absolute atomic E-state index is 0.134. The highest BCUT2D eigenvalue weighted by atomic mass is 32.2. The fourth-order valence-electron chi connectivity index (χ4n) is 2.19. The third-order valence-corrected chi connectivity index (χ3v) is 4.74. The van der Waals surface area contributed by atoms with Crippen LogP contribution in [0.15, 0.2) is 29.2 Å². The minimum Gasteiger partial charge on any atom is -0.496 e. The van der Waals surface area contributed by atoms with Gasteiger partial charge in [-0.3, -0.25) is 0 Å². The second-order valence-corrected chi connectivity index (χ2v) is 6.74. The molecule has 1 atom stereocenters. The van der Waals surface area contributed by atoms with E-state index in [1.165, 1.54) is 4.90 Å². The molecule has 0 aliphatic carbocycles. The van der Waals surface area contributed by atoms with Crippen molar-refractivity contribution in [2.75, 3.05) is 26.0 Å². The molecule has 4 heteroatoms. The molecule has 120 valence electrons. The molecule has 0 saturated carbocycles. The van der Waals surface area contributed by atoms with Gasteiger partial charge in [-0.25, -0.2) is 0 Å². The van der Waals surface area contributed by atoms with Crippen molar-refractivity contribution >= 4 is 11.8 Å². The van der Waals surface area contributed by atoms with E-state index in [0.717, 1.165) is 43.7 Å². The van der Waals surface area contributed by atoms with Crippen LogP contribution in [0.4, 0.5) is 0 Å². The quantitative estimate of drug-likeness (QED) is 0.483. The number of benzene rings is 1. The molecule has 0 amide bonds. The fourth-order valence-corrected chi connectivity index (χ4v) is 3.22. The summed E-state index contributed by atoms with van der Waals surface area (Å²) in [5, 5.41) is 13.0. The molecule has 3 nitrogen and oxygen atoms in total. The molecule has 0 spiro atoms. The molecule has 21 heavy (non-hydrogen) atoms. The number of aliphatic hydroxyl groups is 1. The highest BCUT2D eigenvalue weighted by molar-refractivity contribution is 7.99. The van der Waals surface area contributed by atoms with Crippen LogP contribution in [-0.4, -0.2) is 36.7 Å². The lowest BCUT2D eigenvalue weighted by molar-refractivity contribution is 0.163. The number of hydrogen-bond acceptors (Lipinski definition) is 4. The smallest absolute Gasteiger partial charge is 0.132 e. The van der Waals surface area contributed by atoms with E-state index in [-0.39, 0.29) is 12.1 Å². The third-order valence-electron chi connectivity index (χ3n) is 3.60. The Morgan fingerprint density at radius 2 is 2.05 bits per heavy atom. The summed E-state index contributed by atoms with van der Waals surface area (Å²) in [5.41, 5.74) is -0.134. The Morgan fingerprint density at radius 1 is 1.29 bits per heavy atom. The van der Waals surface area contributed by atoms with Crippen molar-refractivity contribution in [3.8, 4) is 5.75 Å². The second kappa shape index (κ2) is 10.1. The molecule has 2 N–H and O–H groups in total. The maximum absolute atomic E-state index is 9.53. The third kappa shape index (κ3) is 6.72. The van der Waals surface area contributed by atoms with E-state index in [0.29, 0.717) is 0 Å². The summed E-state index contributed by atoms with van der Waals surface area (Å²) in [6.07, 6.45) is 4.37. The van der Waals surface area contributed by atoms with Gasteiger partial charge in [0, 0.05) is 10.4 Å². The Kier molecular flexibility index (Phi) is 8.81. The maximum Gasteiger partial charge on any atom is 0.132 e. The molecule has 1 rings (SSSR count). The van der Waals surface area contributed by atoms with Crippen LogP contribution in [0.5, 0.6) is 5.75 Å². The number of aliphatic hydroxyl groups excluding tert-OH is 1. The summed E-state index contributed by atoms with van der Waals surface area (Å²) in [5.74, 6) is 2.03. The minimum atomic E-state index is -0.134. The second-order valence-electron chi connectivity index (χ2n) is 5.60. The number of unbranched alkanes of at least 4 members (excludes halogenated alkanes) is 1. The van der Waals surface area contributed by atoms with E-state index in [1.54, 1.807) is 7.11 Å². The van der Waals surface area contributed by atoms with E-state index >= 15 is 0 Å². The van der Waals surface area contributed by atoms with Crippen LogP contribution in [0.1, 0.15) is 39.5 Å². The van der Waals surface area contributed by atoms with Gasteiger partial charge in [-0.05, 0) is 50.6 Å². The van der Waals surface area contributed by atoms with Gasteiger partial charge in [0.05, 0.1) is 13.7 Å². The van der Waals surface area contributed by atoms with Gasteiger partial charge in [-0.15, -0.1) is 11.8 Å². The van der Waals surface area contributed by atoms with E-state index in [2.05, 4.69) is 25.2 Å². The summed E-state index contributed by atoms with van der Waals surface area (Å²) >= 11 is 1.84. The number of hydrogen-bond donors (Lipinski definition) is 2. The Bertz CT molecular complexity index is 400. The summed E-state index contributed by atoms with van der Waals surface area (Å²) < 4.78 is 5.35. The van der Waals surface area contributed by atoms with Gasteiger partial charge in [0.15, 0.2) is 0 Å². The number of nitrogens with one attached hydrogen (secondary N) is 1. The van der Waals surface area contributed by atoms with Crippen molar-refractivity contribution in [2.45, 2.75) is 50.0 Å². The molecule has 0 aliphatic heterocycles. The van der Waals surface area contributed by atoms with Crippen molar-refractivity contribution < 1.29 is 9.84 Å². The zero-order valence-electron chi connectivity index (χ0n) is 13.5. The van der Waals surface area contributed by atoms with Crippen molar-refractivity contribution in [1.29, 1.82) is 0 Å². The Balaban J connectivity index is 2.27. The monoisotopic (exact) mass is 311 g/mol.